The van der Waals surface area contributed by atoms with E-state index in [1.165, 1.54) is 4.90 Å². The lowest BCUT2D eigenvalue weighted by Crippen LogP contribution is -2.37. The zero-order valence-electron chi connectivity index (χ0n) is 11.7. The fourth-order valence-electron chi connectivity index (χ4n) is 2.01. The highest BCUT2D eigenvalue weighted by Gasteiger charge is 2.36. The molecule has 1 aliphatic heterocycles. The lowest BCUT2D eigenvalue weighted by molar-refractivity contribution is -0.137. The number of carbonyl (C=O) groups is 1. The first-order chi connectivity index (χ1) is 9.99. The summed E-state index contributed by atoms with van der Waals surface area (Å²) >= 11 is 10.9. The Morgan fingerprint density at radius 2 is 2.09 bits per heavy atom. The lowest BCUT2D eigenvalue weighted by atomic mass is 10.1. The molecule has 0 spiro atoms. The van der Waals surface area contributed by atoms with Crippen molar-refractivity contribution in [3.8, 4) is 0 Å². The van der Waals surface area contributed by atoms with Gasteiger partial charge in [0.2, 0.25) is 0 Å². The molecule has 1 fully saturated rings. The number of benzene rings is 1. The van der Waals surface area contributed by atoms with E-state index in [2.05, 4.69) is 10.6 Å². The Balaban J connectivity index is 2.20. The van der Waals surface area contributed by atoms with Crippen LogP contribution in [0.25, 0.3) is 0 Å². The van der Waals surface area contributed by atoms with E-state index in [1.54, 1.807) is 0 Å². The molecule has 2 rings (SSSR count). The summed E-state index contributed by atoms with van der Waals surface area (Å²) in [6.07, 6.45) is -4.52. The Bertz CT molecular complexity index is 633. The average molecular weight is 352 g/mol. The first-order valence-electron chi connectivity index (χ1n) is 6.27. The summed E-state index contributed by atoms with van der Waals surface area (Å²) in [5.74, 6) is 0. The molecule has 0 bridgehead atoms. The quantitative estimate of drug-likeness (QED) is 0.755. The van der Waals surface area contributed by atoms with Crippen molar-refractivity contribution in [2.24, 2.45) is 0 Å². The van der Waals surface area contributed by atoms with E-state index < -0.39 is 23.3 Å². The molecule has 0 unspecified atom stereocenters. The molecule has 0 aliphatic carbocycles. The molecule has 22 heavy (non-hydrogen) atoms. The molecular formula is C13H13ClF3N3OS. The second-order valence-electron chi connectivity index (χ2n) is 5.52. The highest BCUT2D eigenvalue weighted by Crippen LogP contribution is 2.34. The highest BCUT2D eigenvalue weighted by atomic mass is 35.5. The molecular weight excluding hydrogens is 339 g/mol. The second-order valence-corrected chi connectivity index (χ2v) is 6.32. The number of anilines is 1. The standard InChI is InChI=1S/C13H13ClF3N3OS/c1-12(2)6-20(11(22)19-12)10(21)18-9-5-7(13(15,16)17)3-4-8(9)14/h3-5H,6H2,1-2H3,(H,18,21)(H,19,22). The minimum Gasteiger partial charge on any atom is -0.355 e. The van der Waals surface area contributed by atoms with E-state index in [0.29, 0.717) is 6.54 Å². The molecule has 0 aromatic heterocycles. The van der Waals surface area contributed by atoms with Crippen LogP contribution in [0.15, 0.2) is 18.2 Å². The van der Waals surface area contributed by atoms with Crippen LogP contribution in [0.1, 0.15) is 19.4 Å². The van der Waals surface area contributed by atoms with Crippen molar-refractivity contribution in [1.29, 1.82) is 0 Å². The smallest absolute Gasteiger partial charge is 0.355 e. The molecule has 9 heteroatoms. The molecule has 0 radical (unpaired) electrons. The zero-order chi connectivity index (χ0) is 16.7. The first kappa shape index (κ1) is 16.8. The molecule has 4 nitrogen and oxygen atoms in total. The van der Waals surface area contributed by atoms with E-state index in [4.69, 9.17) is 23.8 Å². The first-order valence-corrected chi connectivity index (χ1v) is 7.06. The van der Waals surface area contributed by atoms with E-state index in [1.807, 2.05) is 13.8 Å². The third kappa shape index (κ3) is 3.61. The van der Waals surface area contributed by atoms with Crippen molar-refractivity contribution in [2.75, 3.05) is 11.9 Å². The molecule has 1 saturated heterocycles. The number of carbonyl (C=O) groups excluding carboxylic acids is 1. The topological polar surface area (TPSA) is 44.4 Å². The van der Waals surface area contributed by atoms with Crippen LogP contribution in [0.3, 0.4) is 0 Å². The molecule has 1 heterocycles. The Labute approximate surface area is 135 Å². The van der Waals surface area contributed by atoms with Crippen molar-refractivity contribution in [3.63, 3.8) is 0 Å². The van der Waals surface area contributed by atoms with Crippen LogP contribution in [0.4, 0.5) is 23.7 Å². The molecule has 1 aromatic carbocycles. The maximum absolute atomic E-state index is 12.7. The van der Waals surface area contributed by atoms with Gasteiger partial charge in [-0.1, -0.05) is 11.6 Å². The van der Waals surface area contributed by atoms with Gasteiger partial charge in [0.05, 0.1) is 28.4 Å². The molecule has 120 valence electrons. The fourth-order valence-corrected chi connectivity index (χ4v) is 2.60. The van der Waals surface area contributed by atoms with Crippen molar-refractivity contribution < 1.29 is 18.0 Å². The molecule has 0 atom stereocenters. The van der Waals surface area contributed by atoms with Crippen molar-refractivity contribution in [1.82, 2.24) is 10.2 Å². The summed E-state index contributed by atoms with van der Waals surface area (Å²) in [6, 6.07) is 2.09. The maximum atomic E-state index is 12.7. The Hall–Kier alpha value is -1.54. The SMILES string of the molecule is CC1(C)CN(C(=O)Nc2cc(C(F)(F)F)ccc2Cl)C(=S)N1. The van der Waals surface area contributed by atoms with Gasteiger partial charge >= 0.3 is 12.2 Å². The molecule has 2 N–H and O–H groups in total. The fraction of sp³-hybridized carbons (Fsp3) is 0.385. The predicted octanol–water partition coefficient (Wildman–Crippen LogP) is 3.86. The average Bonchev–Trinajstić information content (AvgIpc) is 2.64. The van der Waals surface area contributed by atoms with Crippen molar-refractivity contribution >= 4 is 40.6 Å². The van der Waals surface area contributed by atoms with E-state index in [9.17, 15) is 18.0 Å². The number of rotatable bonds is 1. The van der Waals surface area contributed by atoms with Gasteiger partial charge in [0, 0.05) is 0 Å². The number of halogens is 4. The van der Waals surface area contributed by atoms with Crippen molar-refractivity contribution in [3.05, 3.63) is 28.8 Å². The summed E-state index contributed by atoms with van der Waals surface area (Å²) in [5.41, 5.74) is -1.41. The number of thiocarbonyl (C=S) groups is 1. The van der Waals surface area contributed by atoms with Crippen LogP contribution in [0.2, 0.25) is 5.02 Å². The number of nitrogens with one attached hydrogen (secondary N) is 2. The summed E-state index contributed by atoms with van der Waals surface area (Å²) < 4.78 is 38.1. The van der Waals surface area contributed by atoms with Gasteiger partial charge in [0.1, 0.15) is 0 Å². The molecule has 0 saturated carbocycles. The van der Waals surface area contributed by atoms with E-state index in [0.717, 1.165) is 18.2 Å². The molecule has 2 amide bonds. The predicted molar refractivity (Wildman–Crippen MR) is 82.0 cm³/mol. The van der Waals surface area contributed by atoms with Crippen LogP contribution >= 0.6 is 23.8 Å². The number of nitrogens with zero attached hydrogens (tertiary/aromatic N) is 1. The number of hydrogen-bond donors (Lipinski definition) is 2. The lowest BCUT2D eigenvalue weighted by Gasteiger charge is -2.18. The Morgan fingerprint density at radius 1 is 1.45 bits per heavy atom. The number of hydrogen-bond acceptors (Lipinski definition) is 2. The van der Waals surface area contributed by atoms with Crippen molar-refractivity contribution in [2.45, 2.75) is 25.6 Å². The minimum atomic E-state index is -4.52. The monoisotopic (exact) mass is 351 g/mol. The van der Waals surface area contributed by atoms with Gasteiger partial charge < -0.3 is 10.6 Å². The molecule has 1 aromatic rings. The number of amides is 2. The van der Waals surface area contributed by atoms with Crippen LogP contribution in [-0.4, -0.2) is 28.1 Å². The van der Waals surface area contributed by atoms with Gasteiger partial charge in [-0.2, -0.15) is 13.2 Å². The van der Waals surface area contributed by atoms with Gasteiger partial charge in [-0.3, -0.25) is 4.90 Å². The van der Waals surface area contributed by atoms with Gasteiger partial charge in [0.15, 0.2) is 5.11 Å². The van der Waals surface area contributed by atoms with E-state index >= 15 is 0 Å². The Morgan fingerprint density at radius 3 is 2.59 bits per heavy atom. The minimum absolute atomic E-state index is 0.0127. The van der Waals surface area contributed by atoms with Crippen LogP contribution in [-0.2, 0) is 6.18 Å². The third-order valence-corrected chi connectivity index (χ3v) is 3.68. The Kier molecular flexibility index (Phi) is 4.27. The summed E-state index contributed by atoms with van der Waals surface area (Å²) in [6.45, 7) is 4.00. The number of urea groups is 1. The highest BCUT2D eigenvalue weighted by molar-refractivity contribution is 7.80. The van der Waals surface area contributed by atoms with Gasteiger partial charge in [-0.25, -0.2) is 4.79 Å². The summed E-state index contributed by atoms with van der Waals surface area (Å²) in [7, 11) is 0. The largest absolute Gasteiger partial charge is 0.416 e. The maximum Gasteiger partial charge on any atom is 0.416 e. The summed E-state index contributed by atoms with van der Waals surface area (Å²) in [5, 5.41) is 5.53. The van der Waals surface area contributed by atoms with E-state index in [-0.39, 0.29) is 15.8 Å². The number of alkyl halides is 3. The summed E-state index contributed by atoms with van der Waals surface area (Å²) in [4.78, 5) is 13.4. The molecule has 1 aliphatic rings. The van der Waals surface area contributed by atoms with Crippen LogP contribution in [0, 0.1) is 0 Å². The van der Waals surface area contributed by atoms with Crippen LogP contribution in [0.5, 0.6) is 0 Å². The third-order valence-electron chi connectivity index (χ3n) is 3.02. The second kappa shape index (κ2) is 5.58. The van der Waals surface area contributed by atoms with Gasteiger partial charge in [0.25, 0.3) is 0 Å². The van der Waals surface area contributed by atoms with Crippen LogP contribution < -0.4 is 10.6 Å². The van der Waals surface area contributed by atoms with Gasteiger partial charge in [-0.05, 0) is 44.3 Å². The normalized spacial score (nSPS) is 17.4. The van der Waals surface area contributed by atoms with Gasteiger partial charge in [-0.15, -0.1) is 0 Å². The zero-order valence-corrected chi connectivity index (χ0v) is 13.3.